The van der Waals surface area contributed by atoms with E-state index in [4.69, 9.17) is 20.7 Å². The summed E-state index contributed by atoms with van der Waals surface area (Å²) in [6, 6.07) is -0.0111. The number of ether oxygens (including phenoxy) is 1. The van der Waals surface area contributed by atoms with Crippen LogP contribution in [0.2, 0.25) is 0 Å². The van der Waals surface area contributed by atoms with E-state index in [1.165, 1.54) is 0 Å². The van der Waals surface area contributed by atoms with Crippen molar-refractivity contribution in [3.05, 3.63) is 0 Å². The number of rotatable bonds is 2. The smallest absolute Gasteiger partial charge is 0.0907 e. The summed E-state index contributed by atoms with van der Waals surface area (Å²) < 4.78 is 5.65. The molecule has 0 bridgehead atoms. The summed E-state index contributed by atoms with van der Waals surface area (Å²) in [6.45, 7) is 3.52. The van der Waals surface area contributed by atoms with Gasteiger partial charge in [-0.1, -0.05) is 0 Å². The summed E-state index contributed by atoms with van der Waals surface area (Å²) in [5.41, 5.74) is 4.63. The summed E-state index contributed by atoms with van der Waals surface area (Å²) in [5.74, 6) is 0. The molecular formula is C9H19NO3. The highest BCUT2D eigenvalue weighted by molar-refractivity contribution is 4.94. The van der Waals surface area contributed by atoms with Crippen LogP contribution >= 0.6 is 0 Å². The lowest BCUT2D eigenvalue weighted by Crippen LogP contribution is -2.56. The van der Waals surface area contributed by atoms with Gasteiger partial charge in [0.15, 0.2) is 0 Å². The van der Waals surface area contributed by atoms with E-state index < -0.39 is 11.2 Å². The molecule has 4 nitrogen and oxygen atoms in total. The van der Waals surface area contributed by atoms with Crippen LogP contribution in [-0.2, 0) is 4.74 Å². The van der Waals surface area contributed by atoms with Crippen molar-refractivity contribution in [1.82, 2.24) is 0 Å². The molecule has 0 amide bonds. The van der Waals surface area contributed by atoms with Crippen molar-refractivity contribution in [2.45, 2.75) is 43.9 Å². The van der Waals surface area contributed by atoms with Gasteiger partial charge >= 0.3 is 0 Å². The van der Waals surface area contributed by atoms with E-state index in [0.717, 1.165) is 0 Å². The van der Waals surface area contributed by atoms with Crippen molar-refractivity contribution in [3.8, 4) is 0 Å². The minimum Gasteiger partial charge on any atom is -0.393 e. The van der Waals surface area contributed by atoms with Crippen molar-refractivity contribution < 1.29 is 14.9 Å². The van der Waals surface area contributed by atoms with Gasteiger partial charge in [-0.15, -0.1) is 0 Å². The SMILES string of the molecule is CC1(CO)CC(N)CC(C)(CO)O1. The molecule has 78 valence electrons. The highest BCUT2D eigenvalue weighted by Crippen LogP contribution is 2.34. The number of hydrogen-bond donors (Lipinski definition) is 3. The lowest BCUT2D eigenvalue weighted by atomic mass is 9.84. The summed E-state index contributed by atoms with van der Waals surface area (Å²) in [6.07, 6.45) is 1.28. The van der Waals surface area contributed by atoms with Crippen molar-refractivity contribution in [2.75, 3.05) is 13.2 Å². The maximum absolute atomic E-state index is 9.13. The quantitative estimate of drug-likeness (QED) is 0.554. The Labute approximate surface area is 78.7 Å². The third kappa shape index (κ3) is 2.40. The molecule has 0 aliphatic carbocycles. The fourth-order valence-corrected chi connectivity index (χ4v) is 2.05. The second kappa shape index (κ2) is 3.53. The number of aliphatic hydroxyl groups is 2. The maximum Gasteiger partial charge on any atom is 0.0907 e. The van der Waals surface area contributed by atoms with E-state index in [2.05, 4.69) is 0 Å². The third-order valence-electron chi connectivity index (χ3n) is 2.55. The van der Waals surface area contributed by atoms with Gasteiger partial charge in [-0.05, 0) is 26.7 Å². The Morgan fingerprint density at radius 3 is 1.92 bits per heavy atom. The summed E-state index contributed by atoms with van der Waals surface area (Å²) in [5, 5.41) is 18.3. The van der Waals surface area contributed by atoms with Crippen LogP contribution in [-0.4, -0.2) is 40.7 Å². The molecule has 1 aliphatic heterocycles. The molecule has 13 heavy (non-hydrogen) atoms. The van der Waals surface area contributed by atoms with Gasteiger partial charge in [0, 0.05) is 6.04 Å². The number of aliphatic hydroxyl groups excluding tert-OH is 2. The van der Waals surface area contributed by atoms with Gasteiger partial charge in [0.2, 0.25) is 0 Å². The van der Waals surface area contributed by atoms with Gasteiger partial charge in [-0.3, -0.25) is 0 Å². The van der Waals surface area contributed by atoms with E-state index in [0.29, 0.717) is 12.8 Å². The molecular weight excluding hydrogens is 170 g/mol. The molecule has 1 fully saturated rings. The van der Waals surface area contributed by atoms with Crippen molar-refractivity contribution >= 4 is 0 Å². The van der Waals surface area contributed by atoms with Crippen LogP contribution in [0.3, 0.4) is 0 Å². The molecule has 1 saturated heterocycles. The average Bonchev–Trinajstić information content (AvgIpc) is 2.02. The molecule has 2 unspecified atom stereocenters. The van der Waals surface area contributed by atoms with E-state index in [1.54, 1.807) is 0 Å². The maximum atomic E-state index is 9.13. The molecule has 4 N–H and O–H groups in total. The molecule has 1 heterocycles. The van der Waals surface area contributed by atoms with Gasteiger partial charge in [0.1, 0.15) is 0 Å². The highest BCUT2D eigenvalue weighted by Gasteiger charge is 2.42. The van der Waals surface area contributed by atoms with Crippen LogP contribution in [0.15, 0.2) is 0 Å². The van der Waals surface area contributed by atoms with Gasteiger partial charge in [-0.25, -0.2) is 0 Å². The second-order valence-electron chi connectivity index (χ2n) is 4.49. The highest BCUT2D eigenvalue weighted by atomic mass is 16.5. The lowest BCUT2D eigenvalue weighted by molar-refractivity contribution is -0.206. The fourth-order valence-electron chi connectivity index (χ4n) is 2.05. The number of hydrogen-bond acceptors (Lipinski definition) is 4. The van der Waals surface area contributed by atoms with Gasteiger partial charge in [0.25, 0.3) is 0 Å². The largest absolute Gasteiger partial charge is 0.393 e. The van der Waals surface area contributed by atoms with E-state index in [9.17, 15) is 0 Å². The van der Waals surface area contributed by atoms with Gasteiger partial charge < -0.3 is 20.7 Å². The molecule has 0 aromatic rings. The molecule has 4 heteroatoms. The zero-order chi connectivity index (χ0) is 10.1. The first-order chi connectivity index (χ1) is 5.93. The Hall–Kier alpha value is -0.160. The second-order valence-corrected chi connectivity index (χ2v) is 4.49. The molecule has 0 spiro atoms. The number of nitrogens with two attached hydrogens (primary N) is 1. The van der Waals surface area contributed by atoms with Gasteiger partial charge in [-0.2, -0.15) is 0 Å². The van der Waals surface area contributed by atoms with Crippen LogP contribution in [0.5, 0.6) is 0 Å². The van der Waals surface area contributed by atoms with Crippen molar-refractivity contribution in [3.63, 3.8) is 0 Å². The minimum atomic E-state index is -0.602. The summed E-state index contributed by atoms with van der Waals surface area (Å²) >= 11 is 0. The molecule has 2 atom stereocenters. The van der Waals surface area contributed by atoms with Crippen LogP contribution in [0.4, 0.5) is 0 Å². The third-order valence-corrected chi connectivity index (χ3v) is 2.55. The van der Waals surface area contributed by atoms with E-state index in [-0.39, 0.29) is 19.3 Å². The first-order valence-corrected chi connectivity index (χ1v) is 4.60. The monoisotopic (exact) mass is 189 g/mol. The van der Waals surface area contributed by atoms with Crippen LogP contribution in [0.1, 0.15) is 26.7 Å². The van der Waals surface area contributed by atoms with Crippen molar-refractivity contribution in [1.29, 1.82) is 0 Å². The zero-order valence-corrected chi connectivity index (χ0v) is 8.29. The molecule has 0 radical (unpaired) electrons. The predicted octanol–water partition coefficient (Wildman–Crippen LogP) is -0.374. The predicted molar refractivity (Wildman–Crippen MR) is 49.3 cm³/mol. The van der Waals surface area contributed by atoms with Gasteiger partial charge in [0.05, 0.1) is 24.4 Å². The zero-order valence-electron chi connectivity index (χ0n) is 8.29. The first kappa shape index (κ1) is 10.9. The topological polar surface area (TPSA) is 75.7 Å². The molecule has 1 aliphatic rings. The standard InChI is InChI=1S/C9H19NO3/c1-8(5-11)3-7(10)4-9(2,6-12)13-8/h7,11-12H,3-6,10H2,1-2H3. The fraction of sp³-hybridized carbons (Fsp3) is 1.00. The normalized spacial score (nSPS) is 46.4. The minimum absolute atomic E-state index is 0.0111. The molecule has 1 rings (SSSR count). The molecule has 0 saturated carbocycles. The van der Waals surface area contributed by atoms with E-state index in [1.807, 2.05) is 13.8 Å². The van der Waals surface area contributed by atoms with Crippen LogP contribution in [0, 0.1) is 0 Å². The summed E-state index contributed by atoms with van der Waals surface area (Å²) in [4.78, 5) is 0. The first-order valence-electron chi connectivity index (χ1n) is 4.60. The van der Waals surface area contributed by atoms with E-state index >= 15 is 0 Å². The molecule has 0 aromatic heterocycles. The Balaban J connectivity index is 2.73. The van der Waals surface area contributed by atoms with Crippen LogP contribution in [0.25, 0.3) is 0 Å². The average molecular weight is 189 g/mol. The lowest BCUT2D eigenvalue weighted by Gasteiger charge is -2.46. The Bertz CT molecular complexity index is 170. The summed E-state index contributed by atoms with van der Waals surface area (Å²) in [7, 11) is 0. The van der Waals surface area contributed by atoms with Crippen molar-refractivity contribution in [2.24, 2.45) is 5.73 Å². The Morgan fingerprint density at radius 1 is 1.23 bits per heavy atom. The van der Waals surface area contributed by atoms with Crippen LogP contribution < -0.4 is 5.73 Å². The Kier molecular flexibility index (Phi) is 2.97. The molecule has 0 aromatic carbocycles. The Morgan fingerprint density at radius 2 is 1.62 bits per heavy atom.